The molecule has 85 heavy (non-hydrogen) atoms. The van der Waals surface area contributed by atoms with Gasteiger partial charge in [0.25, 0.3) is 0 Å². The highest BCUT2D eigenvalue weighted by atomic mass is 19.3. The topological polar surface area (TPSA) is 302 Å². The molecular formula is C62H113FN4O18. The van der Waals surface area contributed by atoms with Crippen molar-refractivity contribution in [2.24, 2.45) is 29.6 Å². The van der Waals surface area contributed by atoms with Crippen LogP contribution in [0.4, 0.5) is 4.53 Å². The second-order valence-corrected chi connectivity index (χ2v) is 23.4. The molecule has 0 aromatic heterocycles. The molecule has 4 rings (SSSR count). The number of aliphatic carboxylic acids is 1. The van der Waals surface area contributed by atoms with Crippen molar-refractivity contribution >= 4 is 30.0 Å². The molecule has 0 saturated carbocycles. The minimum absolute atomic E-state index is 0.0169. The molecule has 14 atom stereocenters. The van der Waals surface area contributed by atoms with Crippen LogP contribution >= 0.6 is 0 Å². The number of benzene rings is 1. The van der Waals surface area contributed by atoms with Gasteiger partial charge in [-0.25, -0.2) is 4.79 Å². The molecule has 2 fully saturated rings. The fraction of sp³-hybridized carbons (Fsp3) is 0.790. The highest BCUT2D eigenvalue weighted by Gasteiger charge is 2.43. The number of aldehydes is 1. The van der Waals surface area contributed by atoms with Crippen LogP contribution in [-0.4, -0.2) is 193 Å². The number of fused-ring (bicyclic) bond motifs is 2. The van der Waals surface area contributed by atoms with Crippen LogP contribution in [0.1, 0.15) is 176 Å². The lowest BCUT2D eigenvalue weighted by molar-refractivity contribution is -0.326. The van der Waals surface area contributed by atoms with E-state index in [0.717, 1.165) is 38.2 Å². The van der Waals surface area contributed by atoms with Crippen LogP contribution in [0.3, 0.4) is 0 Å². The van der Waals surface area contributed by atoms with E-state index < -0.39 is 53.8 Å². The monoisotopic (exact) mass is 1220 g/mol. The summed E-state index contributed by atoms with van der Waals surface area (Å²) in [6.07, 6.45) is 3.91. The number of esters is 2. The fourth-order valence-electron chi connectivity index (χ4n) is 9.87. The van der Waals surface area contributed by atoms with E-state index in [-0.39, 0.29) is 78.6 Å². The first-order valence-corrected chi connectivity index (χ1v) is 30.0. The number of Topliss-reactive ketones (excluding diaryl/α,β-unsaturated/α-hetero) is 1. The highest BCUT2D eigenvalue weighted by Crippen LogP contribution is 2.33. The summed E-state index contributed by atoms with van der Waals surface area (Å²) < 4.78 is 44.6. The number of hydrogen-bond acceptors (Lipinski definition) is 21. The molecule has 0 radical (unpaired) electrons. The number of carbonyl (C=O) groups is 5. The zero-order valence-corrected chi connectivity index (χ0v) is 55.1. The van der Waals surface area contributed by atoms with Crippen molar-refractivity contribution in [3.63, 3.8) is 0 Å². The van der Waals surface area contributed by atoms with E-state index in [4.69, 9.17) is 38.6 Å². The van der Waals surface area contributed by atoms with Crippen LogP contribution in [0, 0.1) is 36.5 Å². The van der Waals surface area contributed by atoms with Gasteiger partial charge in [0.2, 0.25) is 12.1 Å². The Morgan fingerprint density at radius 1 is 0.965 bits per heavy atom. The summed E-state index contributed by atoms with van der Waals surface area (Å²) in [4.78, 5) is 64.3. The molecule has 1 aromatic rings. The molecule has 3 aliphatic heterocycles. The lowest BCUT2D eigenvalue weighted by atomic mass is 9.82. The average Bonchev–Trinajstić information content (AvgIpc) is 3.52. The molecular weight excluding hydrogens is 1110 g/mol. The van der Waals surface area contributed by atoms with Crippen molar-refractivity contribution in [2.45, 2.75) is 228 Å². The molecule has 496 valence electrons. The van der Waals surface area contributed by atoms with E-state index in [1.807, 2.05) is 75.6 Å². The molecule has 1 aromatic carbocycles. The number of nitrogens with zero attached hydrogens (tertiary/aromatic N) is 2. The summed E-state index contributed by atoms with van der Waals surface area (Å²) in [6, 6.07) is 3.62. The zero-order chi connectivity index (χ0) is 65.9. The molecule has 2 bridgehead atoms. The Hall–Kier alpha value is -4.24. The number of hydrogen-bond donors (Lipinski definition) is 8. The number of ether oxygens (including phenoxy) is 6. The summed E-state index contributed by atoms with van der Waals surface area (Å²) in [5, 5.41) is 65.5. The first-order valence-electron chi connectivity index (χ1n) is 30.0. The SMILES string of the molecule is CCC.CC[C@@H](OC(=O)C(C)C[C@H](C)CC(C)(C[C@@H](C)C=O)OC)[C@@](C)(O)[C@H](O)C(C)C.CNC.CO.C[C@@H]1CCC(O)[C@H](OF)O1.Cc1c2cc(CCCNCCC(=O)O[C@@H]3C(C)C[C@H](O)OC3C)cc1C(=O)/C(C(=O)O)=C\N(C)N(C)CO2. The van der Waals surface area contributed by atoms with Gasteiger partial charge in [-0.15, -0.1) is 0 Å². The number of carboxylic acids is 1. The third-order valence-corrected chi connectivity index (χ3v) is 14.5. The zero-order valence-electron chi connectivity index (χ0n) is 55.1. The molecule has 0 aliphatic carbocycles. The van der Waals surface area contributed by atoms with E-state index >= 15 is 0 Å². The minimum Gasteiger partial charge on any atom is -0.477 e. The van der Waals surface area contributed by atoms with Crippen LogP contribution < -0.4 is 15.4 Å². The molecule has 23 heteroatoms. The maximum Gasteiger partial charge on any atom is 0.341 e. The van der Waals surface area contributed by atoms with E-state index in [2.05, 4.69) is 36.3 Å². The Labute approximate surface area is 507 Å². The Kier molecular flexibility index (Phi) is 42.3. The van der Waals surface area contributed by atoms with Gasteiger partial charge in [0.1, 0.15) is 41.5 Å². The maximum atomic E-state index is 13.1. The molecule has 3 heterocycles. The number of carboxylic acid groups (broad SMARTS) is 1. The standard InChI is InChI=1S/C27H39N3O8.C23H44O6.C6H11FO3.C3H8.C2H7N.CH4O/c1-16-11-24(32)37-18(3)26(16)38-23(31)8-10-28-9-6-7-19-12-20-17(2)22(13-19)36-15-30(5)29(4)14-21(25(20)33)27(34)35;1-10-19(23(8,27)20(25)15(2)3)29-21(26)18(6)11-16(4)12-22(7,28-9)13-17(5)14-24;1-4-2-3-5(8)6(9-4)10-7;2*1-3-2;1-2/h12-14,16,18,24,26,28,32H,6-11,15H2,1-5H3,(H,34,35);14-20,25,27H,10-13H2,1-9H3;4-6,8H,2-3H2,1H3;3H2,1-2H3;3H,1-2H3;2H,1H3/b21-14+;;;;;/t16?,18?,24-,26-;16-,17+,18?,19+,20+,22?,23+;4-,5?,6+;;;/m101.../s1. The number of hydrazine groups is 1. The van der Waals surface area contributed by atoms with Crippen molar-refractivity contribution in [3.8, 4) is 5.75 Å². The predicted octanol–water partition coefficient (Wildman–Crippen LogP) is 7.25. The van der Waals surface area contributed by atoms with Crippen LogP contribution in [0.5, 0.6) is 5.75 Å². The average molecular weight is 1220 g/mol. The van der Waals surface area contributed by atoms with Gasteiger partial charge in [-0.05, 0) is 141 Å². The number of carbonyl (C=O) groups excluding carboxylic acids is 4. The quantitative estimate of drug-likeness (QED) is 0.0219. The van der Waals surface area contributed by atoms with Crippen molar-refractivity contribution in [3.05, 3.63) is 40.6 Å². The second-order valence-electron chi connectivity index (χ2n) is 23.4. The predicted molar refractivity (Wildman–Crippen MR) is 324 cm³/mol. The van der Waals surface area contributed by atoms with Crippen LogP contribution in [0.2, 0.25) is 0 Å². The van der Waals surface area contributed by atoms with Gasteiger partial charge >= 0.3 is 17.9 Å². The Balaban J connectivity index is 0. The van der Waals surface area contributed by atoms with E-state index in [1.54, 1.807) is 46.1 Å². The van der Waals surface area contributed by atoms with Gasteiger partial charge in [0.05, 0.1) is 36.3 Å². The van der Waals surface area contributed by atoms with Crippen molar-refractivity contribution in [1.29, 1.82) is 0 Å². The third-order valence-electron chi connectivity index (χ3n) is 14.5. The normalized spacial score (nSPS) is 24.2. The molecule has 2 saturated heterocycles. The minimum atomic E-state index is -1.51. The van der Waals surface area contributed by atoms with Crippen LogP contribution in [0.25, 0.3) is 0 Å². The molecule has 0 amide bonds. The summed E-state index contributed by atoms with van der Waals surface area (Å²) in [6.45, 7) is 27.5. The van der Waals surface area contributed by atoms with Crippen molar-refractivity contribution in [1.82, 2.24) is 20.7 Å². The molecule has 22 nitrogen and oxygen atoms in total. The molecule has 8 N–H and O–H groups in total. The largest absolute Gasteiger partial charge is 0.477 e. The van der Waals surface area contributed by atoms with Gasteiger partial charge in [0, 0.05) is 70.4 Å². The number of aliphatic hydroxyl groups is 5. The number of nitrogens with one attached hydrogen (secondary N) is 2. The highest BCUT2D eigenvalue weighted by molar-refractivity contribution is 6.24. The fourth-order valence-corrected chi connectivity index (χ4v) is 9.87. The maximum absolute atomic E-state index is 13.1. The number of aryl methyl sites for hydroxylation is 1. The van der Waals surface area contributed by atoms with E-state index in [0.29, 0.717) is 68.5 Å². The molecule has 5 unspecified atom stereocenters. The summed E-state index contributed by atoms with van der Waals surface area (Å²) in [7, 11) is 9.78. The second kappa shape index (κ2) is 43.4. The van der Waals surface area contributed by atoms with Crippen molar-refractivity contribution in [2.75, 3.05) is 62.2 Å². The number of ketones is 1. The summed E-state index contributed by atoms with van der Waals surface area (Å²) >= 11 is 0. The Morgan fingerprint density at radius 3 is 2.07 bits per heavy atom. The van der Waals surface area contributed by atoms with Crippen LogP contribution in [0.15, 0.2) is 23.9 Å². The van der Waals surface area contributed by atoms with E-state index in [1.165, 1.54) is 24.6 Å². The lowest BCUT2D eigenvalue weighted by Crippen LogP contribution is -2.53. The first-order chi connectivity index (χ1) is 39.8. The van der Waals surface area contributed by atoms with E-state index in [9.17, 15) is 48.9 Å². The number of methoxy groups -OCH3 is 1. The smallest absolute Gasteiger partial charge is 0.341 e. The number of aliphatic hydroxyl groups excluding tert-OH is 4. The first kappa shape index (κ1) is 82.8. The van der Waals surface area contributed by atoms with Gasteiger partial charge < -0.3 is 79.5 Å². The molecule has 3 aliphatic rings. The summed E-state index contributed by atoms with van der Waals surface area (Å²) in [5.74, 6) is -2.40. The van der Waals surface area contributed by atoms with Gasteiger partial charge in [-0.1, -0.05) is 68.7 Å². The number of rotatable bonds is 24. The third kappa shape index (κ3) is 30.5. The Morgan fingerprint density at radius 2 is 1.56 bits per heavy atom. The van der Waals surface area contributed by atoms with Gasteiger partial charge in [0.15, 0.2) is 13.0 Å². The van der Waals surface area contributed by atoms with Crippen molar-refractivity contribution < 1.29 is 92.5 Å². The summed E-state index contributed by atoms with van der Waals surface area (Å²) in [5.41, 5.74) is -0.492. The number of halogens is 1. The molecule has 0 spiro atoms. The van der Waals surface area contributed by atoms with Gasteiger partial charge in [-0.2, -0.15) is 9.95 Å². The van der Waals surface area contributed by atoms with Gasteiger partial charge in [-0.3, -0.25) is 14.4 Å². The van der Waals surface area contributed by atoms with Crippen LogP contribution in [-0.2, 0) is 54.2 Å². The lowest BCUT2D eigenvalue weighted by Gasteiger charge is -2.38. The Bertz CT molecular complexity index is 2070.